The van der Waals surface area contributed by atoms with Crippen LogP contribution in [-0.2, 0) is 21.3 Å². The zero-order valence-corrected chi connectivity index (χ0v) is 14.3. The van der Waals surface area contributed by atoms with E-state index in [4.69, 9.17) is 4.74 Å². The highest BCUT2D eigenvalue weighted by atomic mass is 32.2. The lowest BCUT2D eigenvalue weighted by molar-refractivity contribution is 0.149. The number of benzene rings is 1. The summed E-state index contributed by atoms with van der Waals surface area (Å²) >= 11 is 0. The van der Waals surface area contributed by atoms with Crippen molar-refractivity contribution in [3.63, 3.8) is 0 Å². The van der Waals surface area contributed by atoms with Gasteiger partial charge in [-0.2, -0.15) is 4.31 Å². The van der Waals surface area contributed by atoms with Gasteiger partial charge in [0.1, 0.15) is 0 Å². The van der Waals surface area contributed by atoms with Gasteiger partial charge in [0.15, 0.2) is 0 Å². The van der Waals surface area contributed by atoms with E-state index in [2.05, 4.69) is 5.32 Å². The number of rotatable bonds is 8. The fourth-order valence-electron chi connectivity index (χ4n) is 2.13. The molecule has 6 heteroatoms. The number of methoxy groups -OCH3 is 1. The Morgan fingerprint density at radius 3 is 2.62 bits per heavy atom. The number of hydrogen-bond acceptors (Lipinski definition) is 4. The van der Waals surface area contributed by atoms with Crippen LogP contribution in [0.4, 0.5) is 0 Å². The first-order valence-electron chi connectivity index (χ1n) is 7.12. The molecule has 0 spiro atoms. The summed E-state index contributed by atoms with van der Waals surface area (Å²) < 4.78 is 31.9. The van der Waals surface area contributed by atoms with Crippen LogP contribution in [0.25, 0.3) is 0 Å². The molecule has 1 rings (SSSR count). The van der Waals surface area contributed by atoms with Gasteiger partial charge in [-0.1, -0.05) is 19.1 Å². The van der Waals surface area contributed by atoms with Crippen LogP contribution < -0.4 is 5.32 Å². The number of nitrogens with one attached hydrogen (secondary N) is 1. The molecule has 1 aromatic carbocycles. The van der Waals surface area contributed by atoms with Gasteiger partial charge in [0.2, 0.25) is 10.0 Å². The summed E-state index contributed by atoms with van der Waals surface area (Å²) in [6.45, 7) is 7.60. The van der Waals surface area contributed by atoms with Crippen LogP contribution in [0, 0.1) is 6.92 Å². The molecule has 0 radical (unpaired) electrons. The Morgan fingerprint density at radius 1 is 1.38 bits per heavy atom. The van der Waals surface area contributed by atoms with Gasteiger partial charge in [0.05, 0.1) is 11.5 Å². The van der Waals surface area contributed by atoms with E-state index in [0.717, 1.165) is 17.7 Å². The Balaban J connectivity index is 3.14. The fraction of sp³-hybridized carbons (Fsp3) is 0.600. The number of hydrogen-bond donors (Lipinski definition) is 1. The molecule has 120 valence electrons. The van der Waals surface area contributed by atoms with E-state index in [1.165, 1.54) is 4.31 Å². The van der Waals surface area contributed by atoms with Crippen molar-refractivity contribution >= 4 is 10.0 Å². The van der Waals surface area contributed by atoms with Crippen LogP contribution in [0.2, 0.25) is 0 Å². The van der Waals surface area contributed by atoms with Gasteiger partial charge in [-0.3, -0.25) is 0 Å². The van der Waals surface area contributed by atoms with E-state index < -0.39 is 10.0 Å². The van der Waals surface area contributed by atoms with Crippen molar-refractivity contribution in [2.75, 3.05) is 27.3 Å². The molecule has 0 aliphatic carbocycles. The molecule has 1 N–H and O–H groups in total. The van der Waals surface area contributed by atoms with Crippen molar-refractivity contribution in [3.05, 3.63) is 29.3 Å². The minimum Gasteiger partial charge on any atom is -0.383 e. The molecule has 1 atom stereocenters. The maximum absolute atomic E-state index is 12.7. The van der Waals surface area contributed by atoms with E-state index >= 15 is 0 Å². The predicted molar refractivity (Wildman–Crippen MR) is 84.8 cm³/mol. The van der Waals surface area contributed by atoms with Crippen molar-refractivity contribution in [3.8, 4) is 0 Å². The van der Waals surface area contributed by atoms with Gasteiger partial charge in [-0.25, -0.2) is 8.42 Å². The molecule has 1 aromatic rings. The standard InChI is InChI=1S/C15H26N2O3S/c1-6-16-10-14-8-7-9-15(13(14)3)21(18,19)17(4)12(2)11-20-5/h7-9,12,16H,6,10-11H2,1-5H3. The van der Waals surface area contributed by atoms with Gasteiger partial charge in [0, 0.05) is 26.7 Å². The lowest BCUT2D eigenvalue weighted by atomic mass is 10.1. The molecular weight excluding hydrogens is 288 g/mol. The number of nitrogens with zero attached hydrogens (tertiary/aromatic N) is 1. The Kier molecular flexibility index (Phi) is 6.80. The summed E-state index contributed by atoms with van der Waals surface area (Å²) in [6.07, 6.45) is 0. The summed E-state index contributed by atoms with van der Waals surface area (Å²) in [5, 5.41) is 3.23. The van der Waals surface area contributed by atoms with Crippen molar-refractivity contribution in [1.82, 2.24) is 9.62 Å². The summed E-state index contributed by atoms with van der Waals surface area (Å²) in [5.74, 6) is 0. The Morgan fingerprint density at radius 2 is 2.05 bits per heavy atom. The minimum absolute atomic E-state index is 0.211. The number of ether oxygens (including phenoxy) is 1. The molecule has 0 amide bonds. The highest BCUT2D eigenvalue weighted by Crippen LogP contribution is 2.23. The van der Waals surface area contributed by atoms with E-state index in [1.54, 1.807) is 26.3 Å². The molecule has 0 saturated carbocycles. The normalized spacial score (nSPS) is 13.6. The maximum Gasteiger partial charge on any atom is 0.243 e. The van der Waals surface area contributed by atoms with E-state index in [0.29, 0.717) is 18.0 Å². The Bertz CT molecular complexity index is 558. The number of sulfonamides is 1. The third-order valence-electron chi connectivity index (χ3n) is 3.65. The molecule has 0 bridgehead atoms. The summed E-state index contributed by atoms with van der Waals surface area (Å²) in [5.41, 5.74) is 1.81. The second-order valence-corrected chi connectivity index (χ2v) is 7.11. The maximum atomic E-state index is 12.7. The lowest BCUT2D eigenvalue weighted by Gasteiger charge is -2.25. The van der Waals surface area contributed by atoms with Crippen LogP contribution in [0.15, 0.2) is 23.1 Å². The van der Waals surface area contributed by atoms with Gasteiger partial charge in [-0.15, -0.1) is 0 Å². The average molecular weight is 314 g/mol. The number of likely N-dealkylation sites (N-methyl/N-ethyl adjacent to an activating group) is 1. The Hall–Kier alpha value is -0.950. The molecule has 0 aromatic heterocycles. The zero-order valence-electron chi connectivity index (χ0n) is 13.5. The zero-order chi connectivity index (χ0) is 16.0. The highest BCUT2D eigenvalue weighted by Gasteiger charge is 2.27. The summed E-state index contributed by atoms with van der Waals surface area (Å²) in [6, 6.07) is 5.20. The van der Waals surface area contributed by atoms with Crippen LogP contribution in [0.1, 0.15) is 25.0 Å². The third-order valence-corrected chi connectivity index (χ3v) is 5.76. The minimum atomic E-state index is -3.51. The molecule has 0 aliphatic heterocycles. The molecule has 1 unspecified atom stereocenters. The molecule has 0 heterocycles. The molecule has 0 fully saturated rings. The lowest BCUT2D eigenvalue weighted by Crippen LogP contribution is -2.38. The smallest absolute Gasteiger partial charge is 0.243 e. The topological polar surface area (TPSA) is 58.6 Å². The van der Waals surface area contributed by atoms with Crippen LogP contribution in [0.3, 0.4) is 0 Å². The molecule has 0 saturated heterocycles. The predicted octanol–water partition coefficient (Wildman–Crippen LogP) is 1.76. The molecule has 5 nitrogen and oxygen atoms in total. The first kappa shape index (κ1) is 18.1. The van der Waals surface area contributed by atoms with Gasteiger partial charge in [0.25, 0.3) is 0 Å². The van der Waals surface area contributed by atoms with Gasteiger partial charge in [-0.05, 0) is 37.6 Å². The highest BCUT2D eigenvalue weighted by molar-refractivity contribution is 7.89. The van der Waals surface area contributed by atoms with Gasteiger partial charge < -0.3 is 10.1 Å². The van der Waals surface area contributed by atoms with Crippen molar-refractivity contribution in [2.45, 2.75) is 38.3 Å². The SMILES string of the molecule is CCNCc1cccc(S(=O)(=O)N(C)C(C)COC)c1C. The van der Waals surface area contributed by atoms with Crippen molar-refractivity contribution in [2.24, 2.45) is 0 Å². The van der Waals surface area contributed by atoms with E-state index in [1.807, 2.05) is 26.8 Å². The van der Waals surface area contributed by atoms with Crippen LogP contribution in [0.5, 0.6) is 0 Å². The second-order valence-electron chi connectivity index (χ2n) is 5.15. The molecular formula is C15H26N2O3S. The molecule has 0 aliphatic rings. The van der Waals surface area contributed by atoms with Crippen LogP contribution in [-0.4, -0.2) is 46.1 Å². The van der Waals surface area contributed by atoms with Gasteiger partial charge >= 0.3 is 0 Å². The van der Waals surface area contributed by atoms with Crippen LogP contribution >= 0.6 is 0 Å². The van der Waals surface area contributed by atoms with Crippen molar-refractivity contribution < 1.29 is 13.2 Å². The van der Waals surface area contributed by atoms with E-state index in [9.17, 15) is 8.42 Å². The first-order chi connectivity index (χ1) is 9.86. The Labute approximate surface area is 128 Å². The average Bonchev–Trinajstić information content (AvgIpc) is 2.45. The molecule has 21 heavy (non-hydrogen) atoms. The first-order valence-corrected chi connectivity index (χ1v) is 8.56. The largest absolute Gasteiger partial charge is 0.383 e. The summed E-state index contributed by atoms with van der Waals surface area (Å²) in [4.78, 5) is 0.364. The summed E-state index contributed by atoms with van der Waals surface area (Å²) in [7, 11) is -0.352. The fourth-order valence-corrected chi connectivity index (χ4v) is 3.74. The van der Waals surface area contributed by atoms with Crippen molar-refractivity contribution in [1.29, 1.82) is 0 Å². The second kappa shape index (κ2) is 7.89. The quantitative estimate of drug-likeness (QED) is 0.794. The monoisotopic (exact) mass is 314 g/mol. The third kappa shape index (κ3) is 4.26. The van der Waals surface area contributed by atoms with E-state index in [-0.39, 0.29) is 6.04 Å².